The van der Waals surface area contributed by atoms with Gasteiger partial charge in [0.1, 0.15) is 12.2 Å². The summed E-state index contributed by atoms with van der Waals surface area (Å²) in [5.74, 6) is 0.279. The zero-order valence-corrected chi connectivity index (χ0v) is 32.4. The maximum absolute atomic E-state index is 12.5. The standard InChI is InChI=1S/C42H85NO5/c1-4-5-6-7-8-9-22-25-28-31-34-39(45)41(47)38(36-44)43-42(48)40(46)35-32-29-26-23-20-18-16-14-12-10-11-13-15-17-19-21-24-27-30-33-37(2)3/h37-41,44-47H,4-36H2,1-3H3,(H,43,48)/t38-,39+,40+,41-/m0/s1. The lowest BCUT2D eigenvalue weighted by Crippen LogP contribution is -2.53. The summed E-state index contributed by atoms with van der Waals surface area (Å²) in [6.45, 7) is 6.40. The van der Waals surface area contributed by atoms with Crippen LogP contribution in [-0.2, 0) is 4.79 Å². The number of hydrogen-bond acceptors (Lipinski definition) is 5. The van der Waals surface area contributed by atoms with Gasteiger partial charge in [-0.05, 0) is 18.8 Å². The molecule has 0 heterocycles. The molecule has 0 spiro atoms. The summed E-state index contributed by atoms with van der Waals surface area (Å²) in [4.78, 5) is 12.5. The molecule has 0 fully saturated rings. The van der Waals surface area contributed by atoms with E-state index in [-0.39, 0.29) is 0 Å². The van der Waals surface area contributed by atoms with Crippen LogP contribution in [0.4, 0.5) is 0 Å². The molecule has 0 aromatic rings. The third kappa shape index (κ3) is 31.3. The molecule has 0 bridgehead atoms. The average Bonchev–Trinajstić information content (AvgIpc) is 3.07. The molecule has 0 radical (unpaired) electrons. The van der Waals surface area contributed by atoms with E-state index in [1.54, 1.807) is 0 Å². The van der Waals surface area contributed by atoms with E-state index < -0.39 is 36.9 Å². The number of nitrogens with one attached hydrogen (secondary N) is 1. The highest BCUT2D eigenvalue weighted by molar-refractivity contribution is 5.80. The molecular weight excluding hydrogens is 598 g/mol. The van der Waals surface area contributed by atoms with Gasteiger partial charge in [-0.1, -0.05) is 213 Å². The largest absolute Gasteiger partial charge is 0.394 e. The topological polar surface area (TPSA) is 110 Å². The molecule has 0 saturated heterocycles. The van der Waals surface area contributed by atoms with Crippen LogP contribution in [0.25, 0.3) is 0 Å². The fraction of sp³-hybridized carbons (Fsp3) is 0.976. The van der Waals surface area contributed by atoms with E-state index >= 15 is 0 Å². The van der Waals surface area contributed by atoms with Gasteiger partial charge in [-0.2, -0.15) is 0 Å². The van der Waals surface area contributed by atoms with Crippen LogP contribution in [0.5, 0.6) is 0 Å². The van der Waals surface area contributed by atoms with Crippen molar-refractivity contribution < 1.29 is 25.2 Å². The summed E-state index contributed by atoms with van der Waals surface area (Å²) in [5, 5.41) is 43.5. The van der Waals surface area contributed by atoms with Crippen molar-refractivity contribution in [3.63, 3.8) is 0 Å². The highest BCUT2D eigenvalue weighted by Crippen LogP contribution is 2.17. The Labute approximate surface area is 299 Å². The predicted molar refractivity (Wildman–Crippen MR) is 205 cm³/mol. The SMILES string of the molecule is CCCCCCCCCCCC[C@@H](O)[C@@H](O)[C@H](CO)NC(=O)[C@H](O)CCCCCCCCCCCCCCCCCCCCCC(C)C. The van der Waals surface area contributed by atoms with Crippen molar-refractivity contribution in [1.29, 1.82) is 0 Å². The Hall–Kier alpha value is -0.690. The molecular formula is C42H85NO5. The minimum Gasteiger partial charge on any atom is -0.394 e. The maximum atomic E-state index is 12.5. The first-order valence-electron chi connectivity index (χ1n) is 21.3. The van der Waals surface area contributed by atoms with Gasteiger partial charge in [0.15, 0.2) is 0 Å². The van der Waals surface area contributed by atoms with Crippen molar-refractivity contribution >= 4 is 5.91 Å². The van der Waals surface area contributed by atoms with Crippen molar-refractivity contribution in [2.75, 3.05) is 6.61 Å². The normalized spacial score (nSPS) is 14.3. The Bertz CT molecular complexity index is 660. The van der Waals surface area contributed by atoms with E-state index in [0.717, 1.165) is 44.4 Å². The summed E-state index contributed by atoms with van der Waals surface area (Å²) < 4.78 is 0. The molecule has 6 heteroatoms. The number of carbonyl (C=O) groups excluding carboxylic acids is 1. The quantitative estimate of drug-likeness (QED) is 0.0416. The second-order valence-corrected chi connectivity index (χ2v) is 15.5. The lowest BCUT2D eigenvalue weighted by molar-refractivity contribution is -0.132. The Morgan fingerprint density at radius 1 is 0.479 bits per heavy atom. The first-order valence-corrected chi connectivity index (χ1v) is 21.3. The lowest BCUT2D eigenvalue weighted by Gasteiger charge is -2.27. The number of rotatable bonds is 38. The number of aliphatic hydroxyl groups is 4. The van der Waals surface area contributed by atoms with Crippen LogP contribution >= 0.6 is 0 Å². The fourth-order valence-corrected chi connectivity index (χ4v) is 6.82. The second kappa shape index (κ2) is 36.1. The van der Waals surface area contributed by atoms with Gasteiger partial charge in [0, 0.05) is 0 Å². The molecule has 48 heavy (non-hydrogen) atoms. The second-order valence-electron chi connectivity index (χ2n) is 15.5. The monoisotopic (exact) mass is 684 g/mol. The third-order valence-electron chi connectivity index (χ3n) is 10.2. The molecule has 4 atom stereocenters. The third-order valence-corrected chi connectivity index (χ3v) is 10.2. The molecule has 1 amide bonds. The van der Waals surface area contributed by atoms with Crippen LogP contribution in [0.1, 0.15) is 226 Å². The Morgan fingerprint density at radius 3 is 1.12 bits per heavy atom. The lowest BCUT2D eigenvalue weighted by atomic mass is 9.99. The van der Waals surface area contributed by atoms with Crippen LogP contribution in [-0.4, -0.2) is 57.3 Å². The van der Waals surface area contributed by atoms with Gasteiger partial charge in [-0.25, -0.2) is 0 Å². The summed E-state index contributed by atoms with van der Waals surface area (Å²) in [6.07, 6.45) is 35.7. The highest BCUT2D eigenvalue weighted by atomic mass is 16.3. The first kappa shape index (κ1) is 47.3. The molecule has 0 aliphatic rings. The van der Waals surface area contributed by atoms with E-state index in [0.29, 0.717) is 12.8 Å². The van der Waals surface area contributed by atoms with Crippen molar-refractivity contribution in [2.45, 2.75) is 251 Å². The summed E-state index contributed by atoms with van der Waals surface area (Å²) in [6, 6.07) is -0.978. The molecule has 0 aliphatic carbocycles. The van der Waals surface area contributed by atoms with E-state index in [1.807, 2.05) is 0 Å². The van der Waals surface area contributed by atoms with Gasteiger partial charge in [0.25, 0.3) is 0 Å². The minimum atomic E-state index is -1.25. The van der Waals surface area contributed by atoms with Crippen molar-refractivity contribution in [1.82, 2.24) is 5.32 Å². The molecule has 0 rings (SSSR count). The number of amides is 1. The molecule has 5 N–H and O–H groups in total. The van der Waals surface area contributed by atoms with Gasteiger partial charge < -0.3 is 25.7 Å². The molecule has 0 aliphatic heterocycles. The van der Waals surface area contributed by atoms with E-state index in [9.17, 15) is 25.2 Å². The zero-order chi connectivity index (χ0) is 35.5. The van der Waals surface area contributed by atoms with Crippen molar-refractivity contribution in [3.8, 4) is 0 Å². The number of carbonyl (C=O) groups is 1. The van der Waals surface area contributed by atoms with Crippen LogP contribution in [0.3, 0.4) is 0 Å². The van der Waals surface area contributed by atoms with Crippen LogP contribution in [0.15, 0.2) is 0 Å². The summed E-state index contributed by atoms with van der Waals surface area (Å²) in [5.41, 5.74) is 0. The Balaban J connectivity index is 3.65. The summed E-state index contributed by atoms with van der Waals surface area (Å²) in [7, 11) is 0. The Kier molecular flexibility index (Phi) is 35.6. The van der Waals surface area contributed by atoms with Gasteiger partial charge in [-0.15, -0.1) is 0 Å². The minimum absolute atomic E-state index is 0.375. The van der Waals surface area contributed by atoms with Crippen LogP contribution in [0.2, 0.25) is 0 Å². The zero-order valence-electron chi connectivity index (χ0n) is 32.4. The van der Waals surface area contributed by atoms with Crippen molar-refractivity contribution in [3.05, 3.63) is 0 Å². The average molecular weight is 684 g/mol. The molecule has 0 aromatic carbocycles. The van der Waals surface area contributed by atoms with Gasteiger partial charge >= 0.3 is 0 Å². The Morgan fingerprint density at radius 2 is 0.792 bits per heavy atom. The smallest absolute Gasteiger partial charge is 0.249 e. The van der Waals surface area contributed by atoms with Crippen molar-refractivity contribution in [2.24, 2.45) is 5.92 Å². The molecule has 288 valence electrons. The molecule has 0 unspecified atom stereocenters. The number of aliphatic hydroxyl groups excluding tert-OH is 4. The molecule has 6 nitrogen and oxygen atoms in total. The van der Waals surface area contributed by atoms with Gasteiger partial charge in [-0.3, -0.25) is 4.79 Å². The molecule has 0 aromatic heterocycles. The predicted octanol–water partition coefficient (Wildman–Crippen LogP) is 10.7. The fourth-order valence-electron chi connectivity index (χ4n) is 6.82. The van der Waals surface area contributed by atoms with E-state index in [1.165, 1.54) is 154 Å². The van der Waals surface area contributed by atoms with Crippen LogP contribution in [0, 0.1) is 5.92 Å². The number of unbranched alkanes of at least 4 members (excludes halogenated alkanes) is 27. The molecule has 0 saturated carbocycles. The van der Waals surface area contributed by atoms with E-state index in [4.69, 9.17) is 0 Å². The maximum Gasteiger partial charge on any atom is 0.249 e. The van der Waals surface area contributed by atoms with Gasteiger partial charge in [0.05, 0.1) is 18.8 Å². The van der Waals surface area contributed by atoms with Crippen LogP contribution < -0.4 is 5.32 Å². The first-order chi connectivity index (χ1) is 23.3. The number of hydrogen-bond donors (Lipinski definition) is 5. The van der Waals surface area contributed by atoms with Gasteiger partial charge in [0.2, 0.25) is 5.91 Å². The van der Waals surface area contributed by atoms with E-state index in [2.05, 4.69) is 26.1 Å². The highest BCUT2D eigenvalue weighted by Gasteiger charge is 2.28. The summed E-state index contributed by atoms with van der Waals surface area (Å²) >= 11 is 0.